The maximum Gasteiger partial charge on any atom is 0.246 e. The van der Waals surface area contributed by atoms with Crippen molar-refractivity contribution in [2.45, 2.75) is 26.3 Å². The van der Waals surface area contributed by atoms with Gasteiger partial charge in [-0.15, -0.1) is 0 Å². The molecule has 0 saturated carbocycles. The first-order chi connectivity index (χ1) is 11.3. The summed E-state index contributed by atoms with van der Waals surface area (Å²) in [5.41, 5.74) is 0.896. The van der Waals surface area contributed by atoms with Crippen molar-refractivity contribution in [1.82, 2.24) is 4.90 Å². The van der Waals surface area contributed by atoms with E-state index in [9.17, 15) is 13.2 Å². The van der Waals surface area contributed by atoms with Gasteiger partial charge in [0, 0.05) is 18.7 Å². The van der Waals surface area contributed by atoms with E-state index in [1.165, 1.54) is 6.08 Å². The molecule has 5 nitrogen and oxygen atoms in total. The van der Waals surface area contributed by atoms with Crippen LogP contribution in [0.4, 0.5) is 0 Å². The van der Waals surface area contributed by atoms with Gasteiger partial charge in [0.25, 0.3) is 0 Å². The molecule has 6 heteroatoms. The largest absolute Gasteiger partial charge is 0.497 e. The lowest BCUT2D eigenvalue weighted by molar-refractivity contribution is -0.128. The van der Waals surface area contributed by atoms with Crippen molar-refractivity contribution in [1.29, 1.82) is 0 Å². The van der Waals surface area contributed by atoms with Gasteiger partial charge in [-0.05, 0) is 36.1 Å². The zero-order valence-corrected chi connectivity index (χ0v) is 15.3. The van der Waals surface area contributed by atoms with Gasteiger partial charge in [0.1, 0.15) is 5.75 Å². The van der Waals surface area contributed by atoms with Crippen molar-refractivity contribution in [2.75, 3.05) is 25.2 Å². The molecular formula is C18H25NO4S. The second-order valence-electron chi connectivity index (χ2n) is 6.55. The number of carbonyl (C=O) groups excluding carboxylic acids is 1. The minimum absolute atomic E-state index is 0.0713. The molecule has 1 aliphatic rings. The van der Waals surface area contributed by atoms with Crippen molar-refractivity contribution in [3.05, 3.63) is 35.9 Å². The number of hydrogen-bond acceptors (Lipinski definition) is 4. The molecule has 1 atom stereocenters. The number of sulfone groups is 1. The molecule has 1 aromatic carbocycles. The maximum atomic E-state index is 12.6. The summed E-state index contributed by atoms with van der Waals surface area (Å²) in [7, 11) is -1.41. The Morgan fingerprint density at radius 3 is 2.50 bits per heavy atom. The molecule has 0 radical (unpaired) electrons. The summed E-state index contributed by atoms with van der Waals surface area (Å²) in [6.45, 7) is 4.61. The average Bonchev–Trinajstić information content (AvgIpc) is 2.90. The Labute approximate surface area is 144 Å². The number of hydrogen-bond donors (Lipinski definition) is 0. The third-order valence-corrected chi connectivity index (χ3v) is 5.78. The number of ether oxygens (including phenoxy) is 1. The van der Waals surface area contributed by atoms with Crippen LogP contribution in [-0.4, -0.2) is 50.4 Å². The predicted molar refractivity (Wildman–Crippen MR) is 95.6 cm³/mol. The van der Waals surface area contributed by atoms with Crippen molar-refractivity contribution >= 4 is 21.8 Å². The lowest BCUT2D eigenvalue weighted by Crippen LogP contribution is -2.42. The number of rotatable bonds is 6. The summed E-state index contributed by atoms with van der Waals surface area (Å²) in [5.74, 6) is 1.15. The Balaban J connectivity index is 2.10. The average molecular weight is 351 g/mol. The molecule has 0 aliphatic carbocycles. The van der Waals surface area contributed by atoms with Crippen LogP contribution in [0.2, 0.25) is 0 Å². The van der Waals surface area contributed by atoms with E-state index < -0.39 is 9.84 Å². The Bertz CT molecular complexity index is 692. The normalized spacial score (nSPS) is 19.8. The number of methoxy groups -OCH3 is 1. The minimum atomic E-state index is -3.02. The van der Waals surface area contributed by atoms with E-state index in [4.69, 9.17) is 4.74 Å². The molecule has 0 unspecified atom stereocenters. The molecule has 1 amide bonds. The molecule has 1 saturated heterocycles. The molecule has 0 spiro atoms. The fraction of sp³-hybridized carbons (Fsp3) is 0.500. The Hall–Kier alpha value is -1.82. The SMILES string of the molecule is COc1ccc(/C=C/C(=O)N(CC(C)C)[C@H]2CCS(=O)(=O)C2)cc1. The highest BCUT2D eigenvalue weighted by Crippen LogP contribution is 2.20. The zero-order chi connectivity index (χ0) is 17.7. The van der Waals surface area contributed by atoms with Gasteiger partial charge in [-0.25, -0.2) is 8.42 Å². The first-order valence-electron chi connectivity index (χ1n) is 8.14. The van der Waals surface area contributed by atoms with Crippen molar-refractivity contribution in [3.63, 3.8) is 0 Å². The van der Waals surface area contributed by atoms with Gasteiger partial charge in [-0.3, -0.25) is 4.79 Å². The quantitative estimate of drug-likeness (QED) is 0.738. The van der Waals surface area contributed by atoms with Gasteiger partial charge < -0.3 is 9.64 Å². The number of carbonyl (C=O) groups is 1. The molecule has 132 valence electrons. The van der Waals surface area contributed by atoms with Crippen LogP contribution >= 0.6 is 0 Å². The number of benzene rings is 1. The predicted octanol–water partition coefficient (Wildman–Crippen LogP) is 2.38. The summed E-state index contributed by atoms with van der Waals surface area (Å²) < 4.78 is 28.6. The molecule has 1 heterocycles. The number of amides is 1. The summed E-state index contributed by atoms with van der Waals surface area (Å²) in [5, 5.41) is 0. The molecule has 2 rings (SSSR count). The Kier molecular flexibility index (Phi) is 6.04. The fourth-order valence-electron chi connectivity index (χ4n) is 2.81. The Morgan fingerprint density at radius 1 is 1.33 bits per heavy atom. The molecular weight excluding hydrogens is 326 g/mol. The molecule has 0 aromatic heterocycles. The molecule has 1 fully saturated rings. The van der Waals surface area contributed by atoms with E-state index in [2.05, 4.69) is 0 Å². The molecule has 0 bridgehead atoms. The van der Waals surface area contributed by atoms with Crippen LogP contribution in [0.25, 0.3) is 6.08 Å². The molecule has 24 heavy (non-hydrogen) atoms. The highest BCUT2D eigenvalue weighted by atomic mass is 32.2. The Morgan fingerprint density at radius 2 is 2.00 bits per heavy atom. The first kappa shape index (κ1) is 18.5. The summed E-state index contributed by atoms with van der Waals surface area (Å²) in [6, 6.07) is 7.19. The third kappa shape index (κ3) is 5.09. The highest BCUT2D eigenvalue weighted by Gasteiger charge is 2.34. The first-order valence-corrected chi connectivity index (χ1v) is 9.96. The van der Waals surface area contributed by atoms with Crippen LogP contribution in [0.3, 0.4) is 0 Å². The van der Waals surface area contributed by atoms with Gasteiger partial charge in [-0.1, -0.05) is 26.0 Å². The van der Waals surface area contributed by atoms with Gasteiger partial charge in [0.05, 0.1) is 18.6 Å². The van der Waals surface area contributed by atoms with E-state index in [-0.39, 0.29) is 29.4 Å². The minimum Gasteiger partial charge on any atom is -0.497 e. The van der Waals surface area contributed by atoms with Crippen LogP contribution in [0, 0.1) is 5.92 Å². The second-order valence-corrected chi connectivity index (χ2v) is 8.78. The number of nitrogens with zero attached hydrogens (tertiary/aromatic N) is 1. The van der Waals surface area contributed by atoms with Gasteiger partial charge in [-0.2, -0.15) is 0 Å². The van der Waals surface area contributed by atoms with Gasteiger partial charge in [0.15, 0.2) is 9.84 Å². The van der Waals surface area contributed by atoms with Crippen molar-refractivity contribution in [2.24, 2.45) is 5.92 Å². The maximum absolute atomic E-state index is 12.6. The molecule has 1 aromatic rings. The fourth-order valence-corrected chi connectivity index (χ4v) is 4.54. The van der Waals surface area contributed by atoms with Gasteiger partial charge >= 0.3 is 0 Å². The standard InChI is InChI=1S/C18H25NO4S/c1-14(2)12-19(16-10-11-24(21,22)13-16)18(20)9-6-15-4-7-17(23-3)8-5-15/h4-9,14,16H,10-13H2,1-3H3/b9-6+/t16-/m0/s1. The lowest BCUT2D eigenvalue weighted by atomic mass is 10.1. The second kappa shape index (κ2) is 7.83. The molecule has 1 aliphatic heterocycles. The van der Waals surface area contributed by atoms with E-state index in [0.29, 0.717) is 13.0 Å². The molecule has 0 N–H and O–H groups in total. The van der Waals surface area contributed by atoms with Crippen molar-refractivity contribution < 1.29 is 17.9 Å². The topological polar surface area (TPSA) is 63.7 Å². The van der Waals surface area contributed by atoms with Gasteiger partial charge in [0.2, 0.25) is 5.91 Å². The summed E-state index contributed by atoms with van der Waals surface area (Å²) >= 11 is 0. The smallest absolute Gasteiger partial charge is 0.246 e. The van der Waals surface area contributed by atoms with Crippen molar-refractivity contribution in [3.8, 4) is 5.75 Å². The van der Waals surface area contributed by atoms with Crippen LogP contribution < -0.4 is 4.74 Å². The van der Waals surface area contributed by atoms with Crippen LogP contribution in [-0.2, 0) is 14.6 Å². The van der Waals surface area contributed by atoms with E-state index >= 15 is 0 Å². The summed E-state index contributed by atoms with van der Waals surface area (Å²) in [6.07, 6.45) is 3.80. The highest BCUT2D eigenvalue weighted by molar-refractivity contribution is 7.91. The monoisotopic (exact) mass is 351 g/mol. The third-order valence-electron chi connectivity index (χ3n) is 4.03. The van der Waals surface area contributed by atoms with Crippen LogP contribution in [0.15, 0.2) is 30.3 Å². The lowest BCUT2D eigenvalue weighted by Gasteiger charge is -2.28. The van der Waals surface area contributed by atoms with Crippen LogP contribution in [0.1, 0.15) is 25.8 Å². The van der Waals surface area contributed by atoms with E-state index in [0.717, 1.165) is 11.3 Å². The van der Waals surface area contributed by atoms with Crippen LogP contribution in [0.5, 0.6) is 5.75 Å². The summed E-state index contributed by atoms with van der Waals surface area (Å²) in [4.78, 5) is 14.3. The van der Waals surface area contributed by atoms with E-state index in [1.54, 1.807) is 18.1 Å². The zero-order valence-electron chi connectivity index (χ0n) is 14.4. The van der Waals surface area contributed by atoms with E-state index in [1.807, 2.05) is 38.1 Å².